The van der Waals surface area contributed by atoms with E-state index >= 15 is 0 Å². The van der Waals surface area contributed by atoms with Gasteiger partial charge in [0.05, 0.1) is 49.9 Å². The Labute approximate surface area is 589 Å². The number of benzene rings is 4. The molecule has 101 heavy (non-hydrogen) atoms. The third-order valence-electron chi connectivity index (χ3n) is 17.5. The van der Waals surface area contributed by atoms with E-state index in [2.05, 4.69) is 71.2 Å². The van der Waals surface area contributed by atoms with Gasteiger partial charge < -0.3 is 80.3 Å². The molecule has 544 valence electrons. The lowest BCUT2D eigenvalue weighted by atomic mass is 10.0. The highest BCUT2D eigenvalue weighted by Crippen LogP contribution is 2.44. The molecule has 0 unspecified atom stereocenters. The fraction of sp³-hybridized carbons (Fsp3) is 0.465. The minimum atomic E-state index is -1.56. The molecule has 4 aromatic rings. The molecule has 4 heterocycles. The summed E-state index contributed by atoms with van der Waals surface area (Å²) in [5.74, 6) is -3.93. The average molecular weight is 1430 g/mol. The van der Waals surface area contributed by atoms with Gasteiger partial charge in [-0.3, -0.25) is 48.2 Å². The van der Waals surface area contributed by atoms with Gasteiger partial charge >= 0.3 is 12.2 Å². The molecule has 0 aromatic heterocycles. The number of carbonyl (C=O) groups excluding carboxylic acids is 8. The second-order valence-electron chi connectivity index (χ2n) is 28.4. The number of hydrogen-bond donors (Lipinski definition) is 8. The van der Waals surface area contributed by atoms with Crippen LogP contribution in [-0.4, -0.2) is 186 Å². The predicted molar refractivity (Wildman–Crippen MR) is 385 cm³/mol. The van der Waals surface area contributed by atoms with Crippen LogP contribution in [0, 0.1) is 11.8 Å². The Morgan fingerprint density at radius 3 is 1.17 bits per heavy atom. The summed E-state index contributed by atoms with van der Waals surface area (Å²) in [5.41, 5.74) is 4.39. The molecule has 6 atom stereocenters. The van der Waals surface area contributed by atoms with Crippen molar-refractivity contribution < 1.29 is 86.6 Å². The van der Waals surface area contributed by atoms with Crippen LogP contribution in [0.2, 0.25) is 51.4 Å². The molecule has 4 aromatic carbocycles. The number of hydrogen-bond acceptors (Lipinski definition) is 16. The first-order chi connectivity index (χ1) is 47.7. The van der Waals surface area contributed by atoms with Gasteiger partial charge in [-0.1, -0.05) is 91.2 Å². The predicted octanol–water partition coefficient (Wildman–Crippen LogP) is 8.85. The van der Waals surface area contributed by atoms with E-state index in [4.69, 9.17) is 28.4 Å². The van der Waals surface area contributed by atoms with Crippen molar-refractivity contribution in [2.75, 3.05) is 74.5 Å². The maximum atomic E-state index is 14.9. The molecular formula is C71H94N10O18Si2. The summed E-state index contributed by atoms with van der Waals surface area (Å²) >= 11 is 0. The lowest BCUT2D eigenvalue weighted by molar-refractivity contribution is -0.128. The van der Waals surface area contributed by atoms with Crippen molar-refractivity contribution in [3.05, 3.63) is 107 Å². The molecule has 0 saturated heterocycles. The summed E-state index contributed by atoms with van der Waals surface area (Å²) in [6, 6.07) is 15.5. The Morgan fingerprint density at radius 2 is 0.851 bits per heavy atom. The zero-order chi connectivity index (χ0) is 73.9. The van der Waals surface area contributed by atoms with Crippen LogP contribution in [0.5, 0.6) is 23.0 Å². The SMILES string of the molecule is COc1cc2c(cc1OCCCOc1cc3c(cc1OC)C(=O)N1C=C(c4ccc(NC(=O)[C@H](C)NC(=O)[C@@H](NC(=O)O)C(C)C)cc4)C[C@H]1C(=O)N3COCC[Si](C)(C)C)N(COCC[Si](C)(C)C)C(=O)[C@@H]1CC(c3ccc(NC(=O)[C@H](C)NC(=O)[C@@H](NC(=O)O)C(C)C)cc3)=CN1C2=O. The molecule has 10 amide bonds. The second-order valence-corrected chi connectivity index (χ2v) is 39.7. The largest absolute Gasteiger partial charge is 0.493 e. The number of methoxy groups -OCH3 is 2. The number of fused-ring (bicyclic) bond motifs is 4. The lowest BCUT2D eigenvalue weighted by Gasteiger charge is -2.27. The first-order valence-corrected chi connectivity index (χ1v) is 41.1. The third-order valence-corrected chi connectivity index (χ3v) is 20.9. The van der Waals surface area contributed by atoms with Gasteiger partial charge in [-0.2, -0.15) is 0 Å². The van der Waals surface area contributed by atoms with Gasteiger partial charge in [-0.05, 0) is 96.4 Å². The Balaban J connectivity index is 0.966. The van der Waals surface area contributed by atoms with Gasteiger partial charge in [0.15, 0.2) is 23.0 Å². The van der Waals surface area contributed by atoms with Gasteiger partial charge in [0.25, 0.3) is 23.6 Å². The van der Waals surface area contributed by atoms with Gasteiger partial charge in [0.1, 0.15) is 49.7 Å². The molecule has 28 nitrogen and oxygen atoms in total. The molecule has 4 aliphatic heterocycles. The van der Waals surface area contributed by atoms with E-state index in [9.17, 15) is 58.2 Å². The van der Waals surface area contributed by atoms with E-state index in [1.165, 1.54) is 47.7 Å². The molecule has 0 radical (unpaired) electrons. The summed E-state index contributed by atoms with van der Waals surface area (Å²) in [6.45, 7) is 23.5. The van der Waals surface area contributed by atoms with Crippen LogP contribution >= 0.6 is 0 Å². The zero-order valence-corrected chi connectivity index (χ0v) is 61.7. The van der Waals surface area contributed by atoms with Crippen LogP contribution in [0.4, 0.5) is 32.3 Å². The van der Waals surface area contributed by atoms with E-state index in [1.807, 2.05) is 0 Å². The number of carbonyl (C=O) groups is 10. The number of nitrogens with one attached hydrogen (secondary N) is 6. The Bertz CT molecular complexity index is 3610. The first-order valence-electron chi connectivity index (χ1n) is 33.6. The molecule has 8 N–H and O–H groups in total. The van der Waals surface area contributed by atoms with Gasteiger partial charge in [0.2, 0.25) is 23.6 Å². The second kappa shape index (κ2) is 33.1. The summed E-state index contributed by atoms with van der Waals surface area (Å²) in [5, 5.41) is 33.4. The molecule has 0 aliphatic carbocycles. The number of nitrogens with zero attached hydrogens (tertiary/aromatic N) is 4. The van der Waals surface area contributed by atoms with Crippen LogP contribution in [0.3, 0.4) is 0 Å². The molecule has 4 aliphatic rings. The van der Waals surface area contributed by atoms with Gasteiger partial charge in [0, 0.05) is 84.5 Å². The monoisotopic (exact) mass is 1430 g/mol. The minimum absolute atomic E-state index is 0.0606. The smallest absolute Gasteiger partial charge is 0.405 e. The summed E-state index contributed by atoms with van der Waals surface area (Å²) in [6.07, 6.45) is 1.15. The fourth-order valence-electron chi connectivity index (χ4n) is 11.6. The quantitative estimate of drug-likeness (QED) is 0.0167. The van der Waals surface area contributed by atoms with Crippen molar-refractivity contribution in [3.8, 4) is 23.0 Å². The normalized spacial score (nSPS) is 17.0. The lowest BCUT2D eigenvalue weighted by Crippen LogP contribution is -2.53. The number of ether oxygens (including phenoxy) is 6. The highest BCUT2D eigenvalue weighted by Gasteiger charge is 2.46. The van der Waals surface area contributed by atoms with Crippen LogP contribution in [0.15, 0.2) is 85.2 Å². The summed E-state index contributed by atoms with van der Waals surface area (Å²) in [4.78, 5) is 140. The van der Waals surface area contributed by atoms with E-state index in [1.54, 1.807) is 113 Å². The highest BCUT2D eigenvalue weighted by atomic mass is 28.3. The Morgan fingerprint density at radius 1 is 0.495 bits per heavy atom. The minimum Gasteiger partial charge on any atom is -0.493 e. The van der Waals surface area contributed by atoms with E-state index in [0.29, 0.717) is 46.9 Å². The molecule has 0 fully saturated rings. The molecule has 0 bridgehead atoms. The summed E-state index contributed by atoms with van der Waals surface area (Å²) in [7, 11) is -0.244. The van der Waals surface area contributed by atoms with Gasteiger partial charge in [-0.25, -0.2) is 9.59 Å². The topological polar surface area (TPSA) is 352 Å². The molecular weight excluding hydrogens is 1340 g/mol. The average Bonchev–Trinajstić information content (AvgIpc) is 1.63. The van der Waals surface area contributed by atoms with Crippen molar-refractivity contribution in [1.29, 1.82) is 0 Å². The highest BCUT2D eigenvalue weighted by molar-refractivity contribution is 6.76. The zero-order valence-electron chi connectivity index (χ0n) is 59.7. The maximum Gasteiger partial charge on any atom is 0.405 e. The van der Waals surface area contributed by atoms with Crippen LogP contribution < -0.4 is 60.6 Å². The number of anilines is 4. The van der Waals surface area contributed by atoms with Crippen molar-refractivity contribution in [1.82, 2.24) is 31.1 Å². The number of amides is 10. The maximum absolute atomic E-state index is 14.9. The van der Waals surface area contributed by atoms with Crippen LogP contribution in [0.1, 0.15) is 92.6 Å². The van der Waals surface area contributed by atoms with Crippen molar-refractivity contribution in [3.63, 3.8) is 0 Å². The number of carboxylic acid groups (broad SMARTS) is 2. The fourth-order valence-corrected chi connectivity index (χ4v) is 13.1. The summed E-state index contributed by atoms with van der Waals surface area (Å²) < 4.78 is 36.9. The van der Waals surface area contributed by atoms with Crippen LogP contribution in [-0.2, 0) is 38.2 Å². The molecule has 0 spiro atoms. The third kappa shape index (κ3) is 19.4. The number of rotatable bonds is 32. The first kappa shape index (κ1) is 77.0. The Hall–Kier alpha value is -9.79. The van der Waals surface area contributed by atoms with E-state index in [0.717, 1.165) is 12.1 Å². The van der Waals surface area contributed by atoms with Gasteiger partial charge in [-0.15, -0.1) is 0 Å². The van der Waals surface area contributed by atoms with E-state index < -0.39 is 112 Å². The Kier molecular flexibility index (Phi) is 25.2. The molecule has 0 saturated carbocycles. The molecule has 30 heteroatoms. The van der Waals surface area contributed by atoms with Crippen molar-refractivity contribution in [2.45, 2.75) is 148 Å². The van der Waals surface area contributed by atoms with E-state index in [-0.39, 0.29) is 103 Å². The van der Waals surface area contributed by atoms with Crippen molar-refractivity contribution in [2.24, 2.45) is 11.8 Å². The van der Waals surface area contributed by atoms with Crippen LogP contribution in [0.25, 0.3) is 11.1 Å². The van der Waals surface area contributed by atoms with Crippen molar-refractivity contribution >= 4 is 109 Å². The molecule has 8 rings (SSSR count). The standard InChI is InChI=1S/C71H94N10O18Si2/c1-40(2)60(76-70(90)91)64(84)72-42(5)62(82)74-48-20-16-44(17-21-48)46-30-54-68(88)80(38-96-26-28-100(9,10)11)52-34-58(56(94-7)32-50(52)66(86)78(54)36-46)98-24-15-25-99-59-35-53-51(33-57(59)95-8)67(87)79-37-47(31-55(79)69(89)81(53)39-97-27-29-101(12,13)14)45-18-22-49(23-19-45)75-63(83)43(6)73-65(85)61(41(3)4)77-71(92)93/h16-23,32-37,40-43,54-55,60-61,76-77H,15,24-31,38-39H2,1-14H3,(H,72,84)(H,73,85)(H,74,82)(H,75,83)(H,90,91)(H,92,93)/t42-,43-,54-,55-,60-,61-/m0/s1.